The molecule has 0 spiro atoms. The van der Waals surface area contributed by atoms with Crippen molar-refractivity contribution < 1.29 is 20.1 Å². The molecule has 0 bridgehead atoms. The maximum absolute atomic E-state index is 9.96. The van der Waals surface area contributed by atoms with Crippen LogP contribution in [-0.2, 0) is 4.74 Å². The van der Waals surface area contributed by atoms with Gasteiger partial charge in [-0.2, -0.15) is 0 Å². The molecule has 2 aromatic rings. The SMILES string of the molecule is Nc1ncnc2ncn(C3O[C@H](CO)[C@@H](O)[C@H]3O)c12. The van der Waals surface area contributed by atoms with Gasteiger partial charge in [0.25, 0.3) is 0 Å². The lowest BCUT2D eigenvalue weighted by Gasteiger charge is -2.17. The maximum Gasteiger partial charge on any atom is 0.183 e. The highest BCUT2D eigenvalue weighted by molar-refractivity contribution is 5.81. The quantitative estimate of drug-likeness (QED) is 0.491. The molecular weight excluding hydrogens is 254 g/mol. The Balaban J connectivity index is 2.06. The number of aromatic nitrogens is 4. The lowest BCUT2D eigenvalue weighted by atomic mass is 10.1. The number of anilines is 1. The fourth-order valence-electron chi connectivity index (χ4n) is 2.20. The molecule has 1 aliphatic rings. The normalized spacial score (nSPS) is 31.1. The van der Waals surface area contributed by atoms with Crippen molar-refractivity contribution in [3.05, 3.63) is 12.7 Å². The number of rotatable bonds is 2. The molecule has 5 N–H and O–H groups in total. The highest BCUT2D eigenvalue weighted by Gasteiger charge is 2.43. The van der Waals surface area contributed by atoms with Gasteiger partial charge < -0.3 is 25.8 Å². The van der Waals surface area contributed by atoms with E-state index >= 15 is 0 Å². The average Bonchev–Trinajstić information content (AvgIpc) is 2.94. The number of hydrogen-bond acceptors (Lipinski definition) is 8. The fourth-order valence-corrected chi connectivity index (χ4v) is 2.20. The van der Waals surface area contributed by atoms with E-state index in [1.165, 1.54) is 17.2 Å². The van der Waals surface area contributed by atoms with Crippen LogP contribution in [0.3, 0.4) is 0 Å². The fraction of sp³-hybridized carbons (Fsp3) is 0.500. The minimum Gasteiger partial charge on any atom is -0.394 e. The van der Waals surface area contributed by atoms with E-state index < -0.39 is 31.1 Å². The maximum atomic E-state index is 9.96. The Kier molecular flexibility index (Phi) is 2.82. The van der Waals surface area contributed by atoms with Gasteiger partial charge in [-0.05, 0) is 0 Å². The molecule has 4 atom stereocenters. The summed E-state index contributed by atoms with van der Waals surface area (Å²) in [6.45, 7) is -0.395. The summed E-state index contributed by atoms with van der Waals surface area (Å²) < 4.78 is 6.86. The Labute approximate surface area is 107 Å². The molecule has 19 heavy (non-hydrogen) atoms. The number of imidazole rings is 1. The summed E-state index contributed by atoms with van der Waals surface area (Å²) in [5, 5.41) is 28.8. The van der Waals surface area contributed by atoms with Gasteiger partial charge in [-0.1, -0.05) is 0 Å². The molecule has 1 fully saturated rings. The zero-order valence-electron chi connectivity index (χ0n) is 9.79. The Morgan fingerprint density at radius 1 is 1.26 bits per heavy atom. The summed E-state index contributed by atoms with van der Waals surface area (Å²) >= 11 is 0. The van der Waals surface area contributed by atoms with Crippen LogP contribution in [0.5, 0.6) is 0 Å². The second-order valence-corrected chi connectivity index (χ2v) is 4.31. The molecule has 0 radical (unpaired) electrons. The van der Waals surface area contributed by atoms with E-state index in [0.717, 1.165) is 0 Å². The van der Waals surface area contributed by atoms with Crippen molar-refractivity contribution in [3.63, 3.8) is 0 Å². The number of fused-ring (bicyclic) bond motifs is 1. The average molecular weight is 267 g/mol. The van der Waals surface area contributed by atoms with Crippen molar-refractivity contribution in [1.82, 2.24) is 19.5 Å². The molecule has 0 aliphatic carbocycles. The lowest BCUT2D eigenvalue weighted by molar-refractivity contribution is -0.0508. The summed E-state index contributed by atoms with van der Waals surface area (Å²) in [4.78, 5) is 11.8. The summed E-state index contributed by atoms with van der Waals surface area (Å²) in [5.41, 5.74) is 6.54. The molecular formula is C10H13N5O4. The smallest absolute Gasteiger partial charge is 0.183 e. The standard InChI is InChI=1S/C10H13N5O4/c11-8-5-9(13-2-12-8)14-3-15(5)10-7(18)6(17)4(1-16)19-10/h2-4,6-7,10,16-18H,1H2,(H2,11,12,13)/t4-,6-,7-,10?/m1/s1. The van der Waals surface area contributed by atoms with Gasteiger partial charge in [0, 0.05) is 0 Å². The van der Waals surface area contributed by atoms with Gasteiger partial charge in [-0.3, -0.25) is 4.57 Å². The van der Waals surface area contributed by atoms with Crippen LogP contribution in [0.4, 0.5) is 5.82 Å². The van der Waals surface area contributed by atoms with E-state index in [9.17, 15) is 10.2 Å². The van der Waals surface area contributed by atoms with Crippen molar-refractivity contribution in [3.8, 4) is 0 Å². The highest BCUT2D eigenvalue weighted by atomic mass is 16.6. The molecule has 0 saturated carbocycles. The van der Waals surface area contributed by atoms with Gasteiger partial charge in [-0.15, -0.1) is 0 Å². The Morgan fingerprint density at radius 2 is 2.05 bits per heavy atom. The molecule has 2 aromatic heterocycles. The van der Waals surface area contributed by atoms with Crippen LogP contribution in [0.1, 0.15) is 6.23 Å². The molecule has 9 nitrogen and oxygen atoms in total. The molecule has 1 aliphatic heterocycles. The van der Waals surface area contributed by atoms with Gasteiger partial charge >= 0.3 is 0 Å². The van der Waals surface area contributed by atoms with Gasteiger partial charge in [0.1, 0.15) is 36.5 Å². The molecule has 0 aromatic carbocycles. The topological polar surface area (TPSA) is 140 Å². The van der Waals surface area contributed by atoms with Crippen molar-refractivity contribution >= 4 is 17.0 Å². The largest absolute Gasteiger partial charge is 0.394 e. The minimum atomic E-state index is -1.20. The van der Waals surface area contributed by atoms with Crippen LogP contribution >= 0.6 is 0 Å². The van der Waals surface area contributed by atoms with Gasteiger partial charge in [0.2, 0.25) is 0 Å². The van der Waals surface area contributed by atoms with Gasteiger partial charge in [0.15, 0.2) is 17.7 Å². The van der Waals surface area contributed by atoms with E-state index in [2.05, 4.69) is 15.0 Å². The van der Waals surface area contributed by atoms with E-state index in [0.29, 0.717) is 11.2 Å². The molecule has 3 heterocycles. The molecule has 0 amide bonds. The number of aliphatic hydroxyl groups excluding tert-OH is 3. The number of hydrogen-bond donors (Lipinski definition) is 4. The van der Waals surface area contributed by atoms with E-state index in [1.807, 2.05) is 0 Å². The highest BCUT2D eigenvalue weighted by Crippen LogP contribution is 2.32. The lowest BCUT2D eigenvalue weighted by Crippen LogP contribution is -2.33. The Bertz CT molecular complexity index is 603. The predicted molar refractivity (Wildman–Crippen MR) is 62.7 cm³/mol. The van der Waals surface area contributed by atoms with Crippen molar-refractivity contribution in [2.45, 2.75) is 24.5 Å². The first-order valence-corrected chi connectivity index (χ1v) is 5.69. The van der Waals surface area contributed by atoms with Crippen molar-refractivity contribution in [2.75, 3.05) is 12.3 Å². The van der Waals surface area contributed by atoms with Crippen molar-refractivity contribution in [1.29, 1.82) is 0 Å². The second kappa shape index (κ2) is 4.38. The summed E-state index contributed by atoms with van der Waals surface area (Å²) in [6, 6.07) is 0. The zero-order valence-corrected chi connectivity index (χ0v) is 9.79. The first kappa shape index (κ1) is 12.2. The second-order valence-electron chi connectivity index (χ2n) is 4.31. The third kappa shape index (κ3) is 1.75. The first-order valence-electron chi connectivity index (χ1n) is 5.69. The van der Waals surface area contributed by atoms with Gasteiger partial charge in [0.05, 0.1) is 6.61 Å². The van der Waals surface area contributed by atoms with Crippen LogP contribution in [0.15, 0.2) is 12.7 Å². The minimum absolute atomic E-state index is 0.195. The monoisotopic (exact) mass is 267 g/mol. The number of nitrogen functional groups attached to an aromatic ring is 1. The van der Waals surface area contributed by atoms with Crippen molar-refractivity contribution in [2.24, 2.45) is 0 Å². The third-order valence-corrected chi connectivity index (χ3v) is 3.19. The molecule has 9 heteroatoms. The van der Waals surface area contributed by atoms with E-state index in [1.54, 1.807) is 0 Å². The number of aliphatic hydroxyl groups is 3. The summed E-state index contributed by atoms with van der Waals surface area (Å²) in [6.07, 6.45) is -1.45. The van der Waals surface area contributed by atoms with E-state index in [4.69, 9.17) is 15.6 Å². The van der Waals surface area contributed by atoms with E-state index in [-0.39, 0.29) is 5.82 Å². The molecule has 1 unspecified atom stereocenters. The Hall–Kier alpha value is -1.81. The van der Waals surface area contributed by atoms with Crippen LogP contribution in [-0.4, -0.2) is 59.8 Å². The molecule has 102 valence electrons. The van der Waals surface area contributed by atoms with Crippen LogP contribution < -0.4 is 5.73 Å². The summed E-state index contributed by atoms with van der Waals surface area (Å²) in [5.74, 6) is 0.195. The zero-order chi connectivity index (χ0) is 13.6. The van der Waals surface area contributed by atoms with Crippen LogP contribution in [0.25, 0.3) is 11.2 Å². The molecule has 3 rings (SSSR count). The third-order valence-electron chi connectivity index (χ3n) is 3.19. The van der Waals surface area contributed by atoms with Crippen LogP contribution in [0, 0.1) is 0 Å². The van der Waals surface area contributed by atoms with Gasteiger partial charge in [-0.25, -0.2) is 15.0 Å². The van der Waals surface area contributed by atoms with Crippen LogP contribution in [0.2, 0.25) is 0 Å². The number of nitrogens with zero attached hydrogens (tertiary/aromatic N) is 4. The predicted octanol–water partition coefficient (Wildman–Crippen LogP) is -1.98. The Morgan fingerprint density at radius 3 is 2.74 bits per heavy atom. The number of ether oxygens (including phenoxy) is 1. The first-order chi connectivity index (χ1) is 9.13. The summed E-state index contributed by atoms with van der Waals surface area (Å²) in [7, 11) is 0. The number of nitrogens with two attached hydrogens (primary N) is 1. The molecule has 1 saturated heterocycles.